The van der Waals surface area contributed by atoms with Gasteiger partial charge < -0.3 is 9.32 Å². The lowest BCUT2D eigenvalue weighted by molar-refractivity contribution is 0.660. The van der Waals surface area contributed by atoms with Crippen molar-refractivity contribution in [2.45, 2.75) is 38.5 Å². The molecular formula is C52H39NO. The van der Waals surface area contributed by atoms with Crippen LogP contribution in [0.1, 0.15) is 49.9 Å². The molecule has 9 aromatic rings. The first-order chi connectivity index (χ1) is 26.3. The van der Waals surface area contributed by atoms with E-state index in [1.807, 2.05) is 0 Å². The van der Waals surface area contributed by atoms with Gasteiger partial charge in [-0.3, -0.25) is 0 Å². The summed E-state index contributed by atoms with van der Waals surface area (Å²) in [6.07, 6.45) is 0. The second kappa shape index (κ2) is 11.1. The van der Waals surface area contributed by atoms with Crippen LogP contribution in [-0.4, -0.2) is 0 Å². The van der Waals surface area contributed by atoms with Gasteiger partial charge in [0.2, 0.25) is 0 Å². The van der Waals surface area contributed by atoms with E-state index >= 15 is 0 Å². The summed E-state index contributed by atoms with van der Waals surface area (Å²) in [5, 5.41) is 4.56. The fourth-order valence-corrected chi connectivity index (χ4v) is 9.69. The average Bonchev–Trinajstić information content (AvgIpc) is 3.77. The summed E-state index contributed by atoms with van der Waals surface area (Å²) in [4.78, 5) is 2.45. The molecular weight excluding hydrogens is 655 g/mol. The van der Waals surface area contributed by atoms with E-state index in [9.17, 15) is 0 Å². The van der Waals surface area contributed by atoms with Gasteiger partial charge in [-0.05, 0) is 110 Å². The lowest BCUT2D eigenvalue weighted by Gasteiger charge is -2.29. The lowest BCUT2D eigenvalue weighted by atomic mass is 9.82. The van der Waals surface area contributed by atoms with Crippen LogP contribution in [0.15, 0.2) is 168 Å². The van der Waals surface area contributed by atoms with Gasteiger partial charge in [-0.2, -0.15) is 0 Å². The predicted octanol–water partition coefficient (Wildman–Crippen LogP) is 14.5. The molecule has 0 saturated carbocycles. The molecule has 0 unspecified atom stereocenters. The van der Waals surface area contributed by atoms with Gasteiger partial charge in [-0.15, -0.1) is 0 Å². The van der Waals surface area contributed by atoms with Gasteiger partial charge in [0.25, 0.3) is 0 Å². The van der Waals surface area contributed by atoms with Crippen LogP contribution < -0.4 is 4.90 Å². The molecule has 258 valence electrons. The van der Waals surface area contributed by atoms with E-state index < -0.39 is 0 Å². The van der Waals surface area contributed by atoms with E-state index in [-0.39, 0.29) is 10.8 Å². The van der Waals surface area contributed by atoms with Gasteiger partial charge in [-0.25, -0.2) is 0 Å². The van der Waals surface area contributed by atoms with Crippen LogP contribution in [0.2, 0.25) is 0 Å². The summed E-state index contributed by atoms with van der Waals surface area (Å²) < 4.78 is 6.73. The molecule has 1 heterocycles. The topological polar surface area (TPSA) is 16.4 Å². The molecule has 0 aliphatic heterocycles. The zero-order chi connectivity index (χ0) is 36.3. The highest BCUT2D eigenvalue weighted by Gasteiger charge is 2.37. The van der Waals surface area contributed by atoms with Crippen LogP contribution in [0, 0.1) is 0 Å². The number of benzene rings is 8. The molecule has 2 nitrogen and oxygen atoms in total. The number of anilines is 3. The quantitative estimate of drug-likeness (QED) is 0.182. The second-order valence-corrected chi connectivity index (χ2v) is 16.1. The van der Waals surface area contributed by atoms with Crippen molar-refractivity contribution < 1.29 is 4.42 Å². The molecule has 2 aliphatic rings. The maximum Gasteiger partial charge on any atom is 0.143 e. The number of hydrogen-bond acceptors (Lipinski definition) is 2. The molecule has 0 bridgehead atoms. The van der Waals surface area contributed by atoms with Crippen LogP contribution in [0.5, 0.6) is 0 Å². The molecule has 2 heteroatoms. The first kappa shape index (κ1) is 31.2. The van der Waals surface area contributed by atoms with Crippen molar-refractivity contribution in [1.82, 2.24) is 0 Å². The summed E-state index contributed by atoms with van der Waals surface area (Å²) in [7, 11) is 0. The van der Waals surface area contributed by atoms with Crippen molar-refractivity contribution in [2.75, 3.05) is 4.90 Å². The third kappa shape index (κ3) is 4.28. The molecule has 0 radical (unpaired) electrons. The molecule has 0 saturated heterocycles. The third-order valence-corrected chi connectivity index (χ3v) is 12.5. The molecule has 0 spiro atoms. The Morgan fingerprint density at radius 1 is 0.370 bits per heavy atom. The van der Waals surface area contributed by atoms with Gasteiger partial charge >= 0.3 is 0 Å². The summed E-state index contributed by atoms with van der Waals surface area (Å²) in [5.74, 6) is 0. The van der Waals surface area contributed by atoms with Crippen molar-refractivity contribution in [3.05, 3.63) is 186 Å². The number of rotatable bonds is 4. The first-order valence-electron chi connectivity index (χ1n) is 19.0. The van der Waals surface area contributed by atoms with Crippen LogP contribution in [0.3, 0.4) is 0 Å². The van der Waals surface area contributed by atoms with Crippen molar-refractivity contribution in [1.29, 1.82) is 0 Å². The highest BCUT2D eigenvalue weighted by atomic mass is 16.3. The molecule has 8 aromatic carbocycles. The Morgan fingerprint density at radius 3 is 1.50 bits per heavy atom. The van der Waals surface area contributed by atoms with Gasteiger partial charge in [0.1, 0.15) is 11.2 Å². The number of hydrogen-bond donors (Lipinski definition) is 0. The largest absolute Gasteiger partial charge is 0.455 e. The number of furan rings is 1. The normalized spacial score (nSPS) is 14.6. The van der Waals surface area contributed by atoms with Crippen molar-refractivity contribution in [3.63, 3.8) is 0 Å². The highest BCUT2D eigenvalue weighted by molar-refractivity contribution is 6.19. The molecule has 0 N–H and O–H groups in total. The summed E-state index contributed by atoms with van der Waals surface area (Å²) in [6.45, 7) is 9.44. The van der Waals surface area contributed by atoms with E-state index in [0.717, 1.165) is 44.4 Å². The Labute approximate surface area is 315 Å². The number of nitrogens with zero attached hydrogens (tertiary/aromatic N) is 1. The van der Waals surface area contributed by atoms with Gasteiger partial charge in [0, 0.05) is 44.1 Å². The fraction of sp³-hybridized carbons (Fsp3) is 0.115. The van der Waals surface area contributed by atoms with Gasteiger partial charge in [0.05, 0.1) is 0 Å². The van der Waals surface area contributed by atoms with E-state index in [2.05, 4.69) is 196 Å². The molecule has 0 amide bonds. The van der Waals surface area contributed by atoms with Gasteiger partial charge in [0.15, 0.2) is 0 Å². The third-order valence-electron chi connectivity index (χ3n) is 12.5. The fourth-order valence-electron chi connectivity index (χ4n) is 9.69. The zero-order valence-corrected chi connectivity index (χ0v) is 30.9. The Kier molecular flexibility index (Phi) is 6.39. The minimum Gasteiger partial charge on any atom is -0.455 e. The van der Waals surface area contributed by atoms with E-state index in [0.29, 0.717) is 0 Å². The maximum absolute atomic E-state index is 6.73. The molecule has 54 heavy (non-hydrogen) atoms. The van der Waals surface area contributed by atoms with Crippen LogP contribution in [0.25, 0.3) is 66.1 Å². The highest BCUT2D eigenvalue weighted by Crippen LogP contribution is 2.53. The van der Waals surface area contributed by atoms with Gasteiger partial charge in [-0.1, -0.05) is 143 Å². The molecule has 1 aromatic heterocycles. The minimum atomic E-state index is -0.116. The summed E-state index contributed by atoms with van der Waals surface area (Å²) in [5.41, 5.74) is 18.2. The second-order valence-electron chi connectivity index (χ2n) is 16.1. The molecule has 0 atom stereocenters. The van der Waals surface area contributed by atoms with Crippen molar-refractivity contribution in [3.8, 4) is 33.4 Å². The SMILES string of the molecule is CC1(C)c2ccccc2-c2ccc(N(c3ccc4c(c3)C(C)(C)c3ccccc3-4)c3ccc4oc5c6ccccc6c(-c6ccccc6)cc5c4c3)cc21. The molecule has 0 fully saturated rings. The Hall–Kier alpha value is -6.38. The van der Waals surface area contributed by atoms with Crippen LogP contribution in [-0.2, 0) is 10.8 Å². The predicted molar refractivity (Wildman–Crippen MR) is 226 cm³/mol. The first-order valence-corrected chi connectivity index (χ1v) is 19.0. The van der Waals surface area contributed by atoms with E-state index in [1.165, 1.54) is 61.0 Å². The van der Waals surface area contributed by atoms with Crippen molar-refractivity contribution >= 4 is 49.8 Å². The lowest BCUT2D eigenvalue weighted by Crippen LogP contribution is -2.18. The zero-order valence-electron chi connectivity index (χ0n) is 30.9. The monoisotopic (exact) mass is 693 g/mol. The average molecular weight is 694 g/mol. The summed E-state index contributed by atoms with van der Waals surface area (Å²) >= 11 is 0. The van der Waals surface area contributed by atoms with Crippen LogP contribution in [0.4, 0.5) is 17.1 Å². The van der Waals surface area contributed by atoms with Crippen molar-refractivity contribution in [2.24, 2.45) is 0 Å². The Morgan fingerprint density at radius 2 is 0.870 bits per heavy atom. The minimum absolute atomic E-state index is 0.116. The Bertz CT molecular complexity index is 2890. The Balaban J connectivity index is 1.15. The van der Waals surface area contributed by atoms with Crippen LogP contribution >= 0.6 is 0 Å². The molecule has 2 aliphatic carbocycles. The summed E-state index contributed by atoms with van der Waals surface area (Å²) in [6, 6.07) is 60.3. The van der Waals surface area contributed by atoms with E-state index in [4.69, 9.17) is 4.42 Å². The standard InChI is InChI=1S/C52H39NO/c1-51(2)45-20-12-10-17-37(45)39-25-22-34(29-47(39)51)53(35-23-26-40-38-18-11-13-21-46(38)52(3,4)48(40)30-35)33-24-27-49-43(28-33)44-31-42(32-14-6-5-7-15-32)36-16-8-9-19-41(36)50(44)54-49/h5-31H,1-4H3. The molecule has 11 rings (SSSR count). The number of fused-ring (bicyclic) bond motifs is 11. The maximum atomic E-state index is 6.73. The van der Waals surface area contributed by atoms with E-state index in [1.54, 1.807) is 0 Å². The smallest absolute Gasteiger partial charge is 0.143 e.